The summed E-state index contributed by atoms with van der Waals surface area (Å²) in [5, 5.41) is 13.6. The maximum Gasteiger partial charge on any atom is 0.282 e. The first-order valence-corrected chi connectivity index (χ1v) is 6.11. The molecule has 0 aliphatic rings. The summed E-state index contributed by atoms with van der Waals surface area (Å²) in [6.45, 7) is 3.79. The molecule has 0 fully saturated rings. The van der Waals surface area contributed by atoms with Crippen LogP contribution in [0.3, 0.4) is 0 Å². The van der Waals surface area contributed by atoms with Gasteiger partial charge in [-0.05, 0) is 37.1 Å². The lowest BCUT2D eigenvalue weighted by Crippen LogP contribution is -2.14. The summed E-state index contributed by atoms with van der Waals surface area (Å²) in [5.74, 6) is -0.481. The molecule has 0 atom stereocenters. The lowest BCUT2D eigenvalue weighted by molar-refractivity contribution is -0.385. The number of rotatable bonds is 3. The van der Waals surface area contributed by atoms with Crippen molar-refractivity contribution in [3.8, 4) is 0 Å². The summed E-state index contributed by atoms with van der Waals surface area (Å²) in [7, 11) is 0. The Morgan fingerprint density at radius 1 is 1.15 bits per heavy atom. The number of nitro groups is 1. The molecule has 0 aliphatic heterocycles. The first-order valence-electron chi connectivity index (χ1n) is 6.11. The van der Waals surface area contributed by atoms with Gasteiger partial charge in [0.2, 0.25) is 0 Å². The van der Waals surface area contributed by atoms with Crippen molar-refractivity contribution < 1.29 is 9.72 Å². The van der Waals surface area contributed by atoms with Crippen LogP contribution in [0.2, 0.25) is 0 Å². The zero-order valence-electron chi connectivity index (χ0n) is 11.2. The Bertz CT molecular complexity index is 681. The van der Waals surface area contributed by atoms with E-state index in [9.17, 15) is 14.9 Å². The number of carbonyl (C=O) groups is 1. The Hall–Kier alpha value is -2.69. The normalized spacial score (nSPS) is 10.1. The second-order valence-corrected chi connectivity index (χ2v) is 4.55. The minimum atomic E-state index is -0.558. The summed E-state index contributed by atoms with van der Waals surface area (Å²) in [6.07, 6.45) is 0. The number of benzene rings is 2. The predicted octanol–water partition coefficient (Wildman–Crippen LogP) is 3.46. The number of hydrogen-bond donors (Lipinski definition) is 1. The highest BCUT2D eigenvalue weighted by molar-refractivity contribution is 6.07. The smallest absolute Gasteiger partial charge is 0.282 e. The van der Waals surface area contributed by atoms with E-state index in [4.69, 9.17) is 0 Å². The molecule has 1 N–H and O–H groups in total. The van der Waals surface area contributed by atoms with Gasteiger partial charge in [0.25, 0.3) is 11.6 Å². The fourth-order valence-electron chi connectivity index (χ4n) is 1.89. The van der Waals surface area contributed by atoms with Crippen molar-refractivity contribution in [2.24, 2.45) is 0 Å². The van der Waals surface area contributed by atoms with Crippen LogP contribution in [-0.4, -0.2) is 10.8 Å². The van der Waals surface area contributed by atoms with Gasteiger partial charge in [-0.3, -0.25) is 14.9 Å². The van der Waals surface area contributed by atoms with E-state index in [1.165, 1.54) is 18.2 Å². The zero-order valence-corrected chi connectivity index (χ0v) is 11.2. The quantitative estimate of drug-likeness (QED) is 0.685. The minimum absolute atomic E-state index is 0.0541. The molecule has 0 aliphatic carbocycles. The Labute approximate surface area is 116 Å². The van der Waals surface area contributed by atoms with Crippen molar-refractivity contribution >= 4 is 17.3 Å². The van der Waals surface area contributed by atoms with Gasteiger partial charge in [0, 0.05) is 11.8 Å². The Morgan fingerprint density at radius 3 is 2.55 bits per heavy atom. The van der Waals surface area contributed by atoms with E-state index in [0.29, 0.717) is 5.69 Å². The predicted molar refractivity (Wildman–Crippen MR) is 77.0 cm³/mol. The third-order valence-corrected chi connectivity index (χ3v) is 2.99. The number of carbonyl (C=O) groups excluding carboxylic acids is 1. The highest BCUT2D eigenvalue weighted by atomic mass is 16.6. The summed E-state index contributed by atoms with van der Waals surface area (Å²) in [4.78, 5) is 22.6. The van der Waals surface area contributed by atoms with Crippen LogP contribution < -0.4 is 5.32 Å². The van der Waals surface area contributed by atoms with Crippen LogP contribution >= 0.6 is 0 Å². The molecule has 0 aromatic heterocycles. The van der Waals surface area contributed by atoms with Gasteiger partial charge in [-0.2, -0.15) is 0 Å². The third kappa shape index (κ3) is 2.83. The van der Waals surface area contributed by atoms with Gasteiger partial charge in [0.05, 0.1) is 4.92 Å². The maximum absolute atomic E-state index is 12.2. The van der Waals surface area contributed by atoms with E-state index in [1.54, 1.807) is 6.07 Å². The molecule has 0 spiro atoms. The van der Waals surface area contributed by atoms with Gasteiger partial charge in [-0.15, -0.1) is 0 Å². The average molecular weight is 270 g/mol. The van der Waals surface area contributed by atoms with E-state index in [1.807, 2.05) is 32.0 Å². The fourth-order valence-corrected chi connectivity index (χ4v) is 1.89. The Balaban J connectivity index is 2.33. The van der Waals surface area contributed by atoms with Crippen LogP contribution in [0.1, 0.15) is 21.5 Å². The van der Waals surface area contributed by atoms with Gasteiger partial charge < -0.3 is 5.32 Å². The number of nitrogens with one attached hydrogen (secondary N) is 1. The van der Waals surface area contributed by atoms with Crippen molar-refractivity contribution in [1.29, 1.82) is 0 Å². The molecule has 5 nitrogen and oxygen atoms in total. The van der Waals surface area contributed by atoms with Crippen LogP contribution in [-0.2, 0) is 0 Å². The molecule has 102 valence electrons. The minimum Gasteiger partial charge on any atom is -0.322 e. The van der Waals surface area contributed by atoms with Crippen LogP contribution in [0.25, 0.3) is 0 Å². The van der Waals surface area contributed by atoms with Crippen molar-refractivity contribution in [1.82, 2.24) is 0 Å². The van der Waals surface area contributed by atoms with Gasteiger partial charge in [-0.25, -0.2) is 0 Å². The lowest BCUT2D eigenvalue weighted by atomic mass is 10.1. The Kier molecular flexibility index (Phi) is 3.79. The van der Waals surface area contributed by atoms with Crippen LogP contribution in [0.4, 0.5) is 11.4 Å². The summed E-state index contributed by atoms with van der Waals surface area (Å²) in [5.41, 5.74) is 2.43. The molecule has 5 heteroatoms. The highest BCUT2D eigenvalue weighted by Crippen LogP contribution is 2.21. The van der Waals surface area contributed by atoms with E-state index in [2.05, 4.69) is 5.32 Å². The first-order chi connectivity index (χ1) is 9.49. The number of aryl methyl sites for hydroxylation is 2. The molecule has 2 aromatic carbocycles. The maximum atomic E-state index is 12.2. The standard InChI is InChI=1S/C15H14N2O3/c1-10-7-8-11(2)13(9-10)16-15(18)12-5-3-4-6-14(12)17(19)20/h3-9H,1-2H3,(H,16,18). The number of anilines is 1. The van der Waals surface area contributed by atoms with Crippen LogP contribution in [0.5, 0.6) is 0 Å². The molecule has 0 bridgehead atoms. The zero-order chi connectivity index (χ0) is 14.7. The van der Waals surface area contributed by atoms with E-state index >= 15 is 0 Å². The molecular weight excluding hydrogens is 256 g/mol. The number of amides is 1. The van der Waals surface area contributed by atoms with Gasteiger partial charge in [0.1, 0.15) is 5.56 Å². The fraction of sp³-hybridized carbons (Fsp3) is 0.133. The van der Waals surface area contributed by atoms with E-state index < -0.39 is 10.8 Å². The third-order valence-electron chi connectivity index (χ3n) is 2.99. The summed E-state index contributed by atoms with van der Waals surface area (Å²) < 4.78 is 0. The molecule has 0 heterocycles. The van der Waals surface area contributed by atoms with Crippen molar-refractivity contribution in [2.75, 3.05) is 5.32 Å². The van der Waals surface area contributed by atoms with E-state index in [0.717, 1.165) is 11.1 Å². The van der Waals surface area contributed by atoms with Crippen LogP contribution in [0.15, 0.2) is 42.5 Å². The highest BCUT2D eigenvalue weighted by Gasteiger charge is 2.19. The van der Waals surface area contributed by atoms with E-state index in [-0.39, 0.29) is 11.3 Å². The molecular formula is C15H14N2O3. The second kappa shape index (κ2) is 5.52. The van der Waals surface area contributed by atoms with Crippen molar-refractivity contribution in [2.45, 2.75) is 13.8 Å². The van der Waals surface area contributed by atoms with Gasteiger partial charge in [0.15, 0.2) is 0 Å². The number of hydrogen-bond acceptors (Lipinski definition) is 3. The molecule has 0 unspecified atom stereocenters. The largest absolute Gasteiger partial charge is 0.322 e. The van der Waals surface area contributed by atoms with Gasteiger partial charge in [-0.1, -0.05) is 24.3 Å². The number of nitro benzene ring substituents is 1. The van der Waals surface area contributed by atoms with Crippen molar-refractivity contribution in [3.63, 3.8) is 0 Å². The molecule has 0 saturated carbocycles. The number of para-hydroxylation sites is 1. The van der Waals surface area contributed by atoms with Gasteiger partial charge >= 0.3 is 0 Å². The molecule has 0 saturated heterocycles. The summed E-state index contributed by atoms with van der Waals surface area (Å²) in [6, 6.07) is 11.6. The monoisotopic (exact) mass is 270 g/mol. The first kappa shape index (κ1) is 13.7. The molecule has 0 radical (unpaired) electrons. The SMILES string of the molecule is Cc1ccc(C)c(NC(=O)c2ccccc2[N+](=O)[O-])c1. The Morgan fingerprint density at radius 2 is 1.85 bits per heavy atom. The molecule has 2 aromatic rings. The summed E-state index contributed by atoms with van der Waals surface area (Å²) >= 11 is 0. The average Bonchev–Trinajstić information content (AvgIpc) is 2.42. The molecule has 20 heavy (non-hydrogen) atoms. The second-order valence-electron chi connectivity index (χ2n) is 4.55. The molecule has 2 rings (SSSR count). The molecule has 1 amide bonds. The number of nitrogens with zero attached hydrogens (tertiary/aromatic N) is 1. The topological polar surface area (TPSA) is 72.2 Å². The van der Waals surface area contributed by atoms with Crippen molar-refractivity contribution in [3.05, 3.63) is 69.3 Å². The van der Waals surface area contributed by atoms with Crippen LogP contribution in [0, 0.1) is 24.0 Å². The lowest BCUT2D eigenvalue weighted by Gasteiger charge is -2.09.